The van der Waals surface area contributed by atoms with Gasteiger partial charge in [-0.3, -0.25) is 4.79 Å². The molecule has 0 radical (unpaired) electrons. The normalized spacial score (nSPS) is 18.9. The second kappa shape index (κ2) is 8.97. The minimum Gasteiger partial charge on any atom is -0.311 e. The van der Waals surface area contributed by atoms with Crippen LogP contribution in [0.1, 0.15) is 29.8 Å². The number of hydrogen-bond donors (Lipinski definition) is 1. The van der Waals surface area contributed by atoms with Gasteiger partial charge in [-0.25, -0.2) is 8.42 Å². The number of sulfonamides is 1. The predicted molar refractivity (Wildman–Crippen MR) is 120 cm³/mol. The number of nitrogens with one attached hydrogen (secondary N) is 1. The Morgan fingerprint density at radius 3 is 2.52 bits per heavy atom. The number of nitrogens with zero attached hydrogens (tertiary/aromatic N) is 2. The van der Waals surface area contributed by atoms with E-state index >= 15 is 0 Å². The molecular weight excluding hydrogens is 430 g/mol. The minimum absolute atomic E-state index is 0.241. The molecule has 0 aliphatic carbocycles. The van der Waals surface area contributed by atoms with E-state index in [0.717, 1.165) is 21.5 Å². The molecule has 3 rings (SSSR count). The fourth-order valence-electron chi connectivity index (χ4n) is 3.09. The lowest BCUT2D eigenvalue weighted by Crippen LogP contribution is -2.40. The third-order valence-electron chi connectivity index (χ3n) is 4.98. The van der Waals surface area contributed by atoms with Crippen LogP contribution in [0.15, 0.2) is 41.8 Å². The summed E-state index contributed by atoms with van der Waals surface area (Å²) in [6.07, 6.45) is 1.90. The maximum Gasteiger partial charge on any atom is 0.245 e. The summed E-state index contributed by atoms with van der Waals surface area (Å²) in [6, 6.07) is 10.8. The van der Waals surface area contributed by atoms with Gasteiger partial charge in [-0.2, -0.15) is 4.72 Å². The van der Waals surface area contributed by atoms with Gasteiger partial charge in [-0.15, -0.1) is 11.3 Å². The zero-order chi connectivity index (χ0) is 21.2. The molecule has 6 nitrogen and oxygen atoms in total. The predicted octanol–water partition coefficient (Wildman–Crippen LogP) is 3.72. The zero-order valence-corrected chi connectivity index (χ0v) is 18.9. The van der Waals surface area contributed by atoms with E-state index in [1.54, 1.807) is 17.0 Å². The van der Waals surface area contributed by atoms with Gasteiger partial charge in [-0.05, 0) is 63.3 Å². The molecule has 1 N–H and O–H groups in total. The zero-order valence-electron chi connectivity index (χ0n) is 16.5. The number of amides is 1. The molecule has 0 saturated carbocycles. The Morgan fingerprint density at radius 2 is 1.93 bits per heavy atom. The van der Waals surface area contributed by atoms with Crippen molar-refractivity contribution in [3.63, 3.8) is 0 Å². The van der Waals surface area contributed by atoms with E-state index in [4.69, 9.17) is 11.6 Å². The van der Waals surface area contributed by atoms with Crippen molar-refractivity contribution in [2.75, 3.05) is 25.5 Å². The first kappa shape index (κ1) is 22.0. The molecule has 0 spiro atoms. The van der Waals surface area contributed by atoms with E-state index in [0.29, 0.717) is 17.3 Å². The van der Waals surface area contributed by atoms with Gasteiger partial charge in [0, 0.05) is 28.6 Å². The lowest BCUT2D eigenvalue weighted by atomic mass is 10.1. The molecule has 1 saturated heterocycles. The lowest BCUT2D eigenvalue weighted by molar-refractivity contribution is -0.118. The Morgan fingerprint density at radius 1 is 1.24 bits per heavy atom. The van der Waals surface area contributed by atoms with Gasteiger partial charge >= 0.3 is 0 Å². The van der Waals surface area contributed by atoms with E-state index in [1.807, 2.05) is 38.4 Å². The van der Waals surface area contributed by atoms with E-state index in [1.165, 1.54) is 17.4 Å². The standard InChI is InChI=1S/C20H24ClN3O3S2/c1-14(23(2)3)15-4-6-16(7-5-15)24-12-10-18(20(24)25)22-29(26,27)13-11-17-8-9-19(21)28-17/h4-9,11,13-14,18,22H,10,12H2,1-3H3/b13-11+/t14-,18+/m1/s1. The fraction of sp³-hybridized carbons (Fsp3) is 0.350. The van der Waals surface area contributed by atoms with Crippen molar-refractivity contribution in [3.8, 4) is 0 Å². The maximum atomic E-state index is 12.7. The minimum atomic E-state index is -3.74. The van der Waals surface area contributed by atoms with Gasteiger partial charge in [0.15, 0.2) is 0 Å². The van der Waals surface area contributed by atoms with Crippen molar-refractivity contribution < 1.29 is 13.2 Å². The van der Waals surface area contributed by atoms with Gasteiger partial charge in [-0.1, -0.05) is 23.7 Å². The number of carbonyl (C=O) groups is 1. The van der Waals surface area contributed by atoms with Crippen molar-refractivity contribution in [3.05, 3.63) is 56.6 Å². The van der Waals surface area contributed by atoms with E-state index in [-0.39, 0.29) is 11.9 Å². The summed E-state index contributed by atoms with van der Waals surface area (Å²) in [6.45, 7) is 2.58. The molecular formula is C20H24ClN3O3S2. The van der Waals surface area contributed by atoms with Crippen LogP contribution in [0.25, 0.3) is 6.08 Å². The molecule has 1 aromatic heterocycles. The van der Waals surface area contributed by atoms with Crippen molar-refractivity contribution >= 4 is 50.6 Å². The molecule has 29 heavy (non-hydrogen) atoms. The second-order valence-corrected chi connectivity index (χ2v) is 10.5. The van der Waals surface area contributed by atoms with Gasteiger partial charge in [0.25, 0.3) is 0 Å². The Hall–Kier alpha value is -1.71. The highest BCUT2D eigenvalue weighted by atomic mass is 35.5. The molecule has 1 aromatic carbocycles. The van der Waals surface area contributed by atoms with Gasteiger partial charge in [0.2, 0.25) is 15.9 Å². The average molecular weight is 454 g/mol. The van der Waals surface area contributed by atoms with Crippen molar-refractivity contribution in [2.24, 2.45) is 0 Å². The van der Waals surface area contributed by atoms with Crippen LogP contribution in [0.3, 0.4) is 0 Å². The smallest absolute Gasteiger partial charge is 0.245 e. The highest BCUT2D eigenvalue weighted by Gasteiger charge is 2.34. The first-order chi connectivity index (χ1) is 13.7. The molecule has 0 unspecified atom stereocenters. The summed E-state index contributed by atoms with van der Waals surface area (Å²) < 4.78 is 27.7. The van der Waals surface area contributed by atoms with Gasteiger partial charge in [0.05, 0.1) is 4.34 Å². The van der Waals surface area contributed by atoms with Crippen molar-refractivity contribution in [1.29, 1.82) is 0 Å². The second-order valence-electron chi connectivity index (χ2n) is 7.17. The topological polar surface area (TPSA) is 69.7 Å². The molecule has 156 valence electrons. The number of hydrogen-bond acceptors (Lipinski definition) is 5. The van der Waals surface area contributed by atoms with Crippen LogP contribution in [0.4, 0.5) is 5.69 Å². The maximum absolute atomic E-state index is 12.7. The lowest BCUT2D eigenvalue weighted by Gasteiger charge is -2.22. The fourth-order valence-corrected chi connectivity index (χ4v) is 5.16. The third-order valence-corrected chi connectivity index (χ3v) is 7.28. The average Bonchev–Trinajstić information content (AvgIpc) is 3.25. The number of carbonyl (C=O) groups excluding carboxylic acids is 1. The van der Waals surface area contributed by atoms with E-state index in [9.17, 15) is 13.2 Å². The first-order valence-corrected chi connectivity index (χ1v) is 11.9. The summed E-state index contributed by atoms with van der Waals surface area (Å²) >= 11 is 7.13. The summed E-state index contributed by atoms with van der Waals surface area (Å²) in [5.41, 5.74) is 1.93. The van der Waals surface area contributed by atoms with Crippen LogP contribution in [-0.4, -0.2) is 45.9 Å². The van der Waals surface area contributed by atoms with Crippen molar-refractivity contribution in [2.45, 2.75) is 25.4 Å². The SMILES string of the molecule is C[C@H](c1ccc(N2CC[C@H](NS(=O)(=O)/C=C/c3ccc(Cl)s3)C2=O)cc1)N(C)C. The van der Waals surface area contributed by atoms with Crippen LogP contribution in [0, 0.1) is 0 Å². The number of anilines is 1. The van der Waals surface area contributed by atoms with E-state index in [2.05, 4.69) is 16.5 Å². The molecule has 2 heterocycles. The monoisotopic (exact) mass is 453 g/mol. The largest absolute Gasteiger partial charge is 0.311 e. The third kappa shape index (κ3) is 5.46. The molecule has 9 heteroatoms. The summed E-state index contributed by atoms with van der Waals surface area (Å²) in [7, 11) is 0.289. The molecule has 1 fully saturated rings. The number of rotatable bonds is 7. The molecule has 1 aliphatic rings. The van der Waals surface area contributed by atoms with Crippen LogP contribution >= 0.6 is 22.9 Å². The molecule has 2 atom stereocenters. The Bertz CT molecular complexity index is 1000. The highest BCUT2D eigenvalue weighted by molar-refractivity contribution is 7.92. The van der Waals surface area contributed by atoms with E-state index < -0.39 is 16.1 Å². The number of thiophene rings is 1. The Labute approximate surface area is 180 Å². The van der Waals surface area contributed by atoms with Crippen LogP contribution in [0.2, 0.25) is 4.34 Å². The molecule has 1 aliphatic heterocycles. The molecule has 0 bridgehead atoms. The van der Waals surface area contributed by atoms with Crippen molar-refractivity contribution in [1.82, 2.24) is 9.62 Å². The molecule has 2 aromatic rings. The highest BCUT2D eigenvalue weighted by Crippen LogP contribution is 2.26. The van der Waals surface area contributed by atoms with Crippen LogP contribution in [-0.2, 0) is 14.8 Å². The summed E-state index contributed by atoms with van der Waals surface area (Å²) in [5.74, 6) is -0.241. The van der Waals surface area contributed by atoms with Crippen LogP contribution < -0.4 is 9.62 Å². The Kier molecular flexibility index (Phi) is 6.80. The summed E-state index contributed by atoms with van der Waals surface area (Å²) in [5, 5.41) is 1.07. The number of halogens is 1. The van der Waals surface area contributed by atoms with Crippen LogP contribution in [0.5, 0.6) is 0 Å². The molecule has 1 amide bonds. The first-order valence-electron chi connectivity index (χ1n) is 9.20. The van der Waals surface area contributed by atoms with Gasteiger partial charge < -0.3 is 9.80 Å². The number of benzene rings is 1. The summed E-state index contributed by atoms with van der Waals surface area (Å²) in [4.78, 5) is 17.2. The Balaban J connectivity index is 1.65. The van der Waals surface area contributed by atoms with Gasteiger partial charge in [0.1, 0.15) is 6.04 Å². The quantitative estimate of drug-likeness (QED) is 0.693.